The number of carbonyl (C=O) groups is 4. The van der Waals surface area contributed by atoms with Crippen LogP contribution in [0.5, 0.6) is 0 Å². The summed E-state index contributed by atoms with van der Waals surface area (Å²) in [5.41, 5.74) is 1.22. The number of benzene rings is 2. The summed E-state index contributed by atoms with van der Waals surface area (Å²) in [4.78, 5) is 55.3. The smallest absolute Gasteiger partial charge is 0.252 e. The van der Waals surface area contributed by atoms with E-state index in [1.54, 1.807) is 29.2 Å². The summed E-state index contributed by atoms with van der Waals surface area (Å²) in [5, 5.41) is 6.63. The summed E-state index contributed by atoms with van der Waals surface area (Å²) in [6, 6.07) is 13.7. The molecule has 2 saturated heterocycles. The van der Waals surface area contributed by atoms with Gasteiger partial charge in [-0.1, -0.05) is 34.1 Å². The zero-order valence-electron chi connectivity index (χ0n) is 18.2. The first kappa shape index (κ1) is 21.8. The van der Waals surface area contributed by atoms with Crippen LogP contribution in [0.15, 0.2) is 48.5 Å². The molecule has 0 unspecified atom stereocenters. The van der Waals surface area contributed by atoms with Crippen LogP contribution in [-0.4, -0.2) is 41.5 Å². The minimum absolute atomic E-state index is 0.202. The molecule has 0 bridgehead atoms. The van der Waals surface area contributed by atoms with Gasteiger partial charge in [0, 0.05) is 41.8 Å². The number of hydrogen-bond donors (Lipinski definition) is 2. The van der Waals surface area contributed by atoms with Crippen molar-refractivity contribution in [1.29, 1.82) is 0 Å². The molecule has 0 aromatic heterocycles. The summed E-state index contributed by atoms with van der Waals surface area (Å²) in [6.45, 7) is 3.72. The molecule has 1 spiro atoms. The lowest BCUT2D eigenvalue weighted by atomic mass is 9.76. The fourth-order valence-electron chi connectivity index (χ4n) is 5.57. The van der Waals surface area contributed by atoms with Crippen LogP contribution in [-0.2, 0) is 24.7 Å². The molecule has 3 heterocycles. The molecule has 0 aliphatic carbocycles. The Bertz CT molecular complexity index is 1180. The number of fused-ring (bicyclic) bond motifs is 4. The van der Waals surface area contributed by atoms with Gasteiger partial charge in [0.2, 0.25) is 17.7 Å². The molecule has 0 radical (unpaired) electrons. The van der Waals surface area contributed by atoms with E-state index in [0.29, 0.717) is 23.2 Å². The average Bonchev–Trinajstić information content (AvgIpc) is 3.33. The average molecular weight is 511 g/mol. The lowest BCUT2D eigenvalue weighted by molar-refractivity contribution is -0.132. The second-order valence-corrected chi connectivity index (χ2v) is 9.44. The molecule has 170 valence electrons. The summed E-state index contributed by atoms with van der Waals surface area (Å²) >= 11 is 3.42. The fourth-order valence-corrected chi connectivity index (χ4v) is 5.92. The van der Waals surface area contributed by atoms with Crippen molar-refractivity contribution in [2.75, 3.05) is 27.0 Å². The van der Waals surface area contributed by atoms with Crippen LogP contribution >= 0.6 is 15.9 Å². The molecule has 3 aliphatic rings. The maximum Gasteiger partial charge on any atom is 0.252 e. The van der Waals surface area contributed by atoms with Crippen LogP contribution in [0.4, 0.5) is 17.1 Å². The highest BCUT2D eigenvalue weighted by molar-refractivity contribution is 9.09. The summed E-state index contributed by atoms with van der Waals surface area (Å²) in [5.74, 6) is -2.63. The van der Waals surface area contributed by atoms with E-state index in [1.165, 1.54) is 11.8 Å². The first-order valence-electron chi connectivity index (χ1n) is 10.8. The number of carbonyl (C=O) groups excluding carboxylic acids is 4. The third-order valence-electron chi connectivity index (χ3n) is 6.77. The van der Waals surface area contributed by atoms with E-state index in [1.807, 2.05) is 31.2 Å². The topological polar surface area (TPSA) is 98.8 Å². The van der Waals surface area contributed by atoms with Crippen molar-refractivity contribution in [1.82, 2.24) is 5.32 Å². The van der Waals surface area contributed by atoms with Crippen LogP contribution in [0.2, 0.25) is 0 Å². The van der Waals surface area contributed by atoms with Gasteiger partial charge in [-0.05, 0) is 37.3 Å². The van der Waals surface area contributed by atoms with Gasteiger partial charge in [0.05, 0.1) is 17.5 Å². The second-order valence-electron chi connectivity index (χ2n) is 8.65. The number of imide groups is 1. The van der Waals surface area contributed by atoms with Crippen molar-refractivity contribution in [3.63, 3.8) is 0 Å². The van der Waals surface area contributed by atoms with Crippen LogP contribution in [0, 0.1) is 11.8 Å². The number of para-hydroxylation sites is 1. The summed E-state index contributed by atoms with van der Waals surface area (Å²) < 4.78 is 0. The van der Waals surface area contributed by atoms with Gasteiger partial charge in [0.1, 0.15) is 5.54 Å². The zero-order valence-corrected chi connectivity index (χ0v) is 19.8. The number of anilines is 3. The third kappa shape index (κ3) is 2.99. The molecule has 9 heteroatoms. The highest BCUT2D eigenvalue weighted by atomic mass is 79.9. The number of alkyl halides is 1. The van der Waals surface area contributed by atoms with E-state index >= 15 is 0 Å². The van der Waals surface area contributed by atoms with Crippen molar-refractivity contribution in [3.8, 4) is 0 Å². The van der Waals surface area contributed by atoms with Crippen LogP contribution < -0.4 is 20.4 Å². The van der Waals surface area contributed by atoms with Gasteiger partial charge in [0.15, 0.2) is 0 Å². The van der Waals surface area contributed by atoms with E-state index in [4.69, 9.17) is 0 Å². The molecule has 3 aliphatic heterocycles. The second kappa shape index (κ2) is 7.78. The van der Waals surface area contributed by atoms with E-state index in [9.17, 15) is 19.2 Å². The molecule has 5 rings (SSSR count). The lowest BCUT2D eigenvalue weighted by Gasteiger charge is -2.30. The van der Waals surface area contributed by atoms with Crippen LogP contribution in [0.3, 0.4) is 0 Å². The van der Waals surface area contributed by atoms with Crippen molar-refractivity contribution in [2.45, 2.75) is 25.4 Å². The molecule has 8 nitrogen and oxygen atoms in total. The standard InChI is InChI=1S/C24H23BrN4O4/c1-13-19-20(22(32)29(21(19)31)16-9-7-15(8-10-16)26-14(2)30)24(27-13)17-5-3-4-6-18(17)28(12-11-25)23(24)33/h3-10,13,19-20,27H,11-12H2,1-2H3,(H,26,30)/t13-,19+,20-,24-/m0/s1. The first-order valence-corrected chi connectivity index (χ1v) is 11.9. The molecule has 2 N–H and O–H groups in total. The quantitative estimate of drug-likeness (QED) is 0.486. The van der Waals surface area contributed by atoms with Gasteiger partial charge >= 0.3 is 0 Å². The van der Waals surface area contributed by atoms with Gasteiger partial charge < -0.3 is 10.2 Å². The molecular weight excluding hydrogens is 488 g/mol. The van der Waals surface area contributed by atoms with Crippen molar-refractivity contribution < 1.29 is 19.2 Å². The number of halogens is 1. The van der Waals surface area contributed by atoms with E-state index in [-0.39, 0.29) is 23.8 Å². The highest BCUT2D eigenvalue weighted by Gasteiger charge is 2.70. The van der Waals surface area contributed by atoms with Crippen LogP contribution in [0.25, 0.3) is 0 Å². The Balaban J connectivity index is 1.58. The van der Waals surface area contributed by atoms with Gasteiger partial charge in [-0.3, -0.25) is 24.5 Å². The Morgan fingerprint density at radius 3 is 2.45 bits per heavy atom. The Hall–Kier alpha value is -3.04. The minimum Gasteiger partial charge on any atom is -0.326 e. The minimum atomic E-state index is -1.28. The summed E-state index contributed by atoms with van der Waals surface area (Å²) in [6.07, 6.45) is 0. The van der Waals surface area contributed by atoms with Gasteiger partial charge in [-0.2, -0.15) is 0 Å². The van der Waals surface area contributed by atoms with Gasteiger partial charge in [-0.25, -0.2) is 4.90 Å². The number of rotatable bonds is 4. The van der Waals surface area contributed by atoms with E-state index in [0.717, 1.165) is 11.3 Å². The SMILES string of the molecule is CC(=O)Nc1ccc(N2C(=O)[C@@H]3[C@H](C)N[C@]4(C(=O)N(CCBr)c5ccccc54)[C@@H]3C2=O)cc1. The van der Waals surface area contributed by atoms with Crippen molar-refractivity contribution >= 4 is 56.6 Å². The van der Waals surface area contributed by atoms with E-state index in [2.05, 4.69) is 26.6 Å². The number of nitrogens with one attached hydrogen (secondary N) is 2. The monoisotopic (exact) mass is 510 g/mol. The normalized spacial score (nSPS) is 28.0. The Morgan fingerprint density at radius 2 is 1.79 bits per heavy atom. The van der Waals surface area contributed by atoms with E-state index < -0.39 is 23.3 Å². The first-order chi connectivity index (χ1) is 15.8. The van der Waals surface area contributed by atoms with Crippen molar-refractivity contribution in [2.24, 2.45) is 11.8 Å². The molecule has 2 aromatic carbocycles. The molecule has 2 fully saturated rings. The summed E-state index contributed by atoms with van der Waals surface area (Å²) in [7, 11) is 0. The lowest BCUT2D eigenvalue weighted by Crippen LogP contribution is -2.55. The molecule has 2 aromatic rings. The predicted molar refractivity (Wildman–Crippen MR) is 127 cm³/mol. The fraction of sp³-hybridized carbons (Fsp3) is 0.333. The molecule has 4 atom stereocenters. The number of nitrogens with zero attached hydrogens (tertiary/aromatic N) is 2. The van der Waals surface area contributed by atoms with Crippen LogP contribution in [0.1, 0.15) is 19.4 Å². The molecule has 33 heavy (non-hydrogen) atoms. The molecular formula is C24H23BrN4O4. The highest BCUT2D eigenvalue weighted by Crippen LogP contribution is 2.54. The van der Waals surface area contributed by atoms with Gasteiger partial charge in [-0.15, -0.1) is 0 Å². The maximum absolute atomic E-state index is 13.8. The Morgan fingerprint density at radius 1 is 1.09 bits per heavy atom. The largest absolute Gasteiger partial charge is 0.326 e. The molecule has 0 saturated carbocycles. The number of amides is 4. The Labute approximate surface area is 199 Å². The number of hydrogen-bond acceptors (Lipinski definition) is 5. The zero-order chi connectivity index (χ0) is 23.5. The maximum atomic E-state index is 13.8. The van der Waals surface area contributed by atoms with Crippen molar-refractivity contribution in [3.05, 3.63) is 54.1 Å². The van der Waals surface area contributed by atoms with Gasteiger partial charge in [0.25, 0.3) is 5.91 Å². The third-order valence-corrected chi connectivity index (χ3v) is 7.12. The predicted octanol–water partition coefficient (Wildman–Crippen LogP) is 2.38. The Kier molecular flexibility index (Phi) is 5.13. The molecule has 4 amide bonds.